The maximum absolute atomic E-state index is 12.0. The second-order valence-corrected chi connectivity index (χ2v) is 5.63. The van der Waals surface area contributed by atoms with Gasteiger partial charge in [0.2, 0.25) is 11.8 Å². The second kappa shape index (κ2) is 7.87. The average Bonchev–Trinajstić information content (AvgIpc) is 2.33. The molecule has 6 nitrogen and oxygen atoms in total. The number of methoxy groups -OCH3 is 1. The number of carbonyl (C=O) groups is 3. The number of nitrogens with one attached hydrogen (secondary N) is 2. The van der Waals surface area contributed by atoms with Crippen molar-refractivity contribution in [2.24, 2.45) is 5.41 Å². The molecule has 20 heavy (non-hydrogen) atoms. The van der Waals surface area contributed by atoms with Crippen molar-refractivity contribution in [2.45, 2.75) is 59.5 Å². The van der Waals surface area contributed by atoms with Crippen molar-refractivity contribution in [1.82, 2.24) is 10.6 Å². The summed E-state index contributed by atoms with van der Waals surface area (Å²) in [5, 5.41) is 5.15. The summed E-state index contributed by atoms with van der Waals surface area (Å²) in [6, 6.07) is -1.44. The van der Waals surface area contributed by atoms with E-state index in [1.54, 1.807) is 6.92 Å². The first kappa shape index (κ1) is 18.4. The second-order valence-electron chi connectivity index (χ2n) is 5.63. The van der Waals surface area contributed by atoms with Gasteiger partial charge in [-0.2, -0.15) is 0 Å². The Morgan fingerprint density at radius 2 is 1.75 bits per heavy atom. The third kappa shape index (κ3) is 5.59. The molecule has 2 atom stereocenters. The van der Waals surface area contributed by atoms with E-state index in [2.05, 4.69) is 10.6 Å². The first-order valence-electron chi connectivity index (χ1n) is 6.81. The first-order valence-corrected chi connectivity index (χ1v) is 6.81. The normalized spacial score (nSPS) is 14.1. The Morgan fingerprint density at radius 1 is 1.20 bits per heavy atom. The molecule has 0 unspecified atom stereocenters. The van der Waals surface area contributed by atoms with Crippen molar-refractivity contribution in [3.63, 3.8) is 0 Å². The molecule has 0 aromatic carbocycles. The maximum atomic E-state index is 12.0. The van der Waals surface area contributed by atoms with Crippen molar-refractivity contribution < 1.29 is 19.1 Å². The standard InChI is InChI=1S/C14H26N2O4/c1-7-8-14(4,5)11(13(19)20-6)16-12(18)9(2)15-10(3)17/h9,11H,7-8H2,1-6H3,(H,15,17)(H,16,18)/t9-,11+/m0/s1. The van der Waals surface area contributed by atoms with E-state index < -0.39 is 29.4 Å². The summed E-state index contributed by atoms with van der Waals surface area (Å²) >= 11 is 0. The lowest BCUT2D eigenvalue weighted by atomic mass is 9.80. The van der Waals surface area contributed by atoms with Crippen molar-refractivity contribution in [1.29, 1.82) is 0 Å². The third-order valence-electron chi connectivity index (χ3n) is 3.21. The molecule has 2 N–H and O–H groups in total. The van der Waals surface area contributed by atoms with Crippen LogP contribution in [0.3, 0.4) is 0 Å². The minimum atomic E-state index is -0.740. The smallest absolute Gasteiger partial charge is 0.328 e. The molecule has 0 saturated carbocycles. The van der Waals surface area contributed by atoms with E-state index in [9.17, 15) is 14.4 Å². The average molecular weight is 286 g/mol. The summed E-state index contributed by atoms with van der Waals surface area (Å²) in [4.78, 5) is 34.9. The Labute approximate surface area is 120 Å². The number of carbonyl (C=O) groups excluding carboxylic acids is 3. The van der Waals surface area contributed by atoms with Crippen LogP contribution in [0.5, 0.6) is 0 Å². The molecule has 0 bridgehead atoms. The fraction of sp³-hybridized carbons (Fsp3) is 0.786. The highest BCUT2D eigenvalue weighted by molar-refractivity contribution is 5.90. The number of esters is 1. The zero-order valence-electron chi connectivity index (χ0n) is 13.2. The van der Waals surface area contributed by atoms with Gasteiger partial charge < -0.3 is 15.4 Å². The highest BCUT2D eigenvalue weighted by atomic mass is 16.5. The molecule has 0 radical (unpaired) electrons. The van der Waals surface area contributed by atoms with Gasteiger partial charge in [0.25, 0.3) is 0 Å². The quantitative estimate of drug-likeness (QED) is 0.684. The first-order chi connectivity index (χ1) is 9.15. The van der Waals surface area contributed by atoms with Gasteiger partial charge in [-0.3, -0.25) is 9.59 Å². The number of hydrogen-bond acceptors (Lipinski definition) is 4. The Kier molecular flexibility index (Phi) is 7.24. The van der Waals surface area contributed by atoms with E-state index in [1.807, 2.05) is 20.8 Å². The molecule has 0 spiro atoms. The molecule has 0 heterocycles. The fourth-order valence-electron chi connectivity index (χ4n) is 2.12. The summed E-state index contributed by atoms with van der Waals surface area (Å²) in [6.45, 7) is 8.72. The molecule has 0 aliphatic heterocycles. The molecule has 0 aliphatic rings. The zero-order chi connectivity index (χ0) is 15.9. The summed E-state index contributed by atoms with van der Waals surface area (Å²) in [5.41, 5.74) is -0.423. The minimum Gasteiger partial charge on any atom is -0.467 e. The number of rotatable bonds is 7. The Balaban J connectivity index is 4.95. The van der Waals surface area contributed by atoms with Crippen LogP contribution in [0.4, 0.5) is 0 Å². The van der Waals surface area contributed by atoms with Crippen molar-refractivity contribution in [3.05, 3.63) is 0 Å². The molecule has 0 aromatic heterocycles. The summed E-state index contributed by atoms with van der Waals surface area (Å²) < 4.78 is 4.77. The van der Waals surface area contributed by atoms with E-state index in [0.29, 0.717) is 0 Å². The maximum Gasteiger partial charge on any atom is 0.328 e. The van der Waals surface area contributed by atoms with Crippen LogP contribution in [-0.2, 0) is 19.1 Å². The summed E-state index contributed by atoms with van der Waals surface area (Å²) in [6.07, 6.45) is 1.65. The minimum absolute atomic E-state index is 0.296. The lowest BCUT2D eigenvalue weighted by molar-refractivity contribution is -0.149. The van der Waals surface area contributed by atoms with Gasteiger partial charge >= 0.3 is 5.97 Å². The largest absolute Gasteiger partial charge is 0.467 e. The van der Waals surface area contributed by atoms with Crippen molar-refractivity contribution >= 4 is 17.8 Å². The molecule has 116 valence electrons. The third-order valence-corrected chi connectivity index (χ3v) is 3.21. The van der Waals surface area contributed by atoms with E-state index in [-0.39, 0.29) is 5.91 Å². The van der Waals surface area contributed by atoms with Crippen LogP contribution in [0.25, 0.3) is 0 Å². The summed E-state index contributed by atoms with van der Waals surface area (Å²) in [5.74, 6) is -1.18. The molecule has 0 aromatic rings. The van der Waals surface area contributed by atoms with Crippen LogP contribution < -0.4 is 10.6 Å². The van der Waals surface area contributed by atoms with E-state index in [0.717, 1.165) is 12.8 Å². The Hall–Kier alpha value is -1.59. The molecular weight excluding hydrogens is 260 g/mol. The van der Waals surface area contributed by atoms with Crippen molar-refractivity contribution in [2.75, 3.05) is 7.11 Å². The Morgan fingerprint density at radius 3 is 2.15 bits per heavy atom. The SMILES string of the molecule is CCCC(C)(C)[C@H](NC(=O)[C@H](C)NC(C)=O)C(=O)OC. The molecule has 0 rings (SSSR count). The van der Waals surface area contributed by atoms with Gasteiger partial charge in [-0.1, -0.05) is 27.2 Å². The Bertz CT molecular complexity index is 366. The van der Waals surface area contributed by atoms with Gasteiger partial charge in [0.15, 0.2) is 0 Å². The van der Waals surface area contributed by atoms with E-state index in [1.165, 1.54) is 14.0 Å². The van der Waals surface area contributed by atoms with Gasteiger partial charge in [0.1, 0.15) is 12.1 Å². The molecule has 2 amide bonds. The van der Waals surface area contributed by atoms with E-state index >= 15 is 0 Å². The molecule has 6 heteroatoms. The monoisotopic (exact) mass is 286 g/mol. The number of amides is 2. The zero-order valence-corrected chi connectivity index (χ0v) is 13.2. The van der Waals surface area contributed by atoms with E-state index in [4.69, 9.17) is 4.74 Å². The highest BCUT2D eigenvalue weighted by Crippen LogP contribution is 2.27. The molecule has 0 fully saturated rings. The van der Waals surface area contributed by atoms with Gasteiger partial charge in [0, 0.05) is 6.92 Å². The van der Waals surface area contributed by atoms with Crippen LogP contribution in [-0.4, -0.2) is 37.0 Å². The number of hydrogen-bond donors (Lipinski definition) is 2. The van der Waals surface area contributed by atoms with Crippen LogP contribution in [0.15, 0.2) is 0 Å². The van der Waals surface area contributed by atoms with Crippen molar-refractivity contribution in [3.8, 4) is 0 Å². The molecule has 0 saturated heterocycles. The topological polar surface area (TPSA) is 84.5 Å². The van der Waals surface area contributed by atoms with Gasteiger partial charge in [0.05, 0.1) is 7.11 Å². The lowest BCUT2D eigenvalue weighted by Gasteiger charge is -2.33. The summed E-state index contributed by atoms with van der Waals surface area (Å²) in [7, 11) is 1.29. The van der Waals surface area contributed by atoms with Crippen LogP contribution in [0.1, 0.15) is 47.5 Å². The molecular formula is C14H26N2O4. The lowest BCUT2D eigenvalue weighted by Crippen LogP contribution is -2.55. The van der Waals surface area contributed by atoms with Crippen LogP contribution in [0, 0.1) is 5.41 Å². The predicted molar refractivity (Wildman–Crippen MR) is 75.9 cm³/mol. The number of ether oxygens (including phenoxy) is 1. The van der Waals surface area contributed by atoms with Gasteiger partial charge in [-0.05, 0) is 18.8 Å². The predicted octanol–water partition coefficient (Wildman–Crippen LogP) is 0.995. The molecule has 0 aliphatic carbocycles. The van der Waals surface area contributed by atoms with Gasteiger partial charge in [-0.15, -0.1) is 0 Å². The fourth-order valence-corrected chi connectivity index (χ4v) is 2.12. The van der Waals surface area contributed by atoms with Gasteiger partial charge in [-0.25, -0.2) is 4.79 Å². The van der Waals surface area contributed by atoms with Crippen LogP contribution >= 0.6 is 0 Å². The van der Waals surface area contributed by atoms with Crippen LogP contribution in [0.2, 0.25) is 0 Å². The highest BCUT2D eigenvalue weighted by Gasteiger charge is 2.37.